The summed E-state index contributed by atoms with van der Waals surface area (Å²) in [6, 6.07) is -1.10. The normalized spacial score (nSPS) is 36.2. The van der Waals surface area contributed by atoms with Gasteiger partial charge in [0.15, 0.2) is 0 Å². The van der Waals surface area contributed by atoms with E-state index >= 15 is 0 Å². The summed E-state index contributed by atoms with van der Waals surface area (Å²) in [5.74, 6) is 0.825. The van der Waals surface area contributed by atoms with E-state index in [2.05, 4.69) is 41.5 Å². The molecule has 1 amide bonds. The van der Waals surface area contributed by atoms with Gasteiger partial charge in [-0.05, 0) is 87.5 Å². The van der Waals surface area contributed by atoms with Crippen LogP contribution in [0.15, 0.2) is 23.8 Å². The highest BCUT2D eigenvalue weighted by molar-refractivity contribution is 5.89. The van der Waals surface area contributed by atoms with E-state index < -0.39 is 35.7 Å². The summed E-state index contributed by atoms with van der Waals surface area (Å²) in [6.45, 7) is 18.6. The Morgan fingerprint density at radius 3 is 1.90 bits per heavy atom. The zero-order valence-electron chi connectivity index (χ0n) is 26.7. The molecule has 1 saturated heterocycles. The van der Waals surface area contributed by atoms with Crippen molar-refractivity contribution in [3.05, 3.63) is 23.8 Å². The van der Waals surface area contributed by atoms with Gasteiger partial charge in [-0.2, -0.15) is 0 Å². The molecule has 0 aromatic heterocycles. The van der Waals surface area contributed by atoms with E-state index in [9.17, 15) is 14.4 Å². The molecular formula is C34H53NO6. The van der Waals surface area contributed by atoms with E-state index in [0.717, 1.165) is 38.5 Å². The summed E-state index contributed by atoms with van der Waals surface area (Å²) >= 11 is 0. The van der Waals surface area contributed by atoms with Gasteiger partial charge in [-0.1, -0.05) is 66.5 Å². The summed E-state index contributed by atoms with van der Waals surface area (Å²) in [7, 11) is 0. The van der Waals surface area contributed by atoms with Gasteiger partial charge in [-0.25, -0.2) is 9.59 Å². The Morgan fingerprint density at radius 2 is 1.39 bits per heavy atom. The summed E-state index contributed by atoms with van der Waals surface area (Å²) in [5.41, 5.74) is -0.127. The third kappa shape index (κ3) is 7.19. The van der Waals surface area contributed by atoms with Gasteiger partial charge in [0, 0.05) is 6.08 Å². The highest BCUT2D eigenvalue weighted by Crippen LogP contribution is 2.44. The Morgan fingerprint density at radius 1 is 0.854 bits per heavy atom. The molecule has 4 rings (SSSR count). The molecule has 2 bridgehead atoms. The first kappa shape index (κ1) is 31.6. The minimum Gasteiger partial charge on any atom is -0.462 e. The molecule has 0 spiro atoms. The van der Waals surface area contributed by atoms with Crippen LogP contribution in [0.3, 0.4) is 0 Å². The predicted molar refractivity (Wildman–Crippen MR) is 159 cm³/mol. The van der Waals surface area contributed by atoms with Crippen molar-refractivity contribution in [2.75, 3.05) is 0 Å². The van der Waals surface area contributed by atoms with Gasteiger partial charge in [0.05, 0.1) is 12.1 Å². The molecule has 2 aliphatic heterocycles. The molecule has 2 aliphatic carbocycles. The molecule has 2 saturated carbocycles. The SMILES string of the molecule is CC(C)[C@@H]1CC[C@@H](C)C[C@H]1OC(=O)C=C1[C@H](C(=O)O[C@@H]2C[C@H](C)CC[C@H]2C(C)C)[C@@H]2C=C[C@H]1N2C(=O)OC(C)(C)C. The Labute approximate surface area is 247 Å². The predicted octanol–water partition coefficient (Wildman–Crippen LogP) is 7.09. The Hall–Kier alpha value is -2.31. The fourth-order valence-corrected chi connectivity index (χ4v) is 7.56. The fraction of sp³-hybridized carbons (Fsp3) is 0.794. The first-order chi connectivity index (χ1) is 19.2. The summed E-state index contributed by atoms with van der Waals surface area (Å²) in [4.78, 5) is 42.3. The molecule has 3 fully saturated rings. The molecule has 0 aromatic rings. The molecule has 41 heavy (non-hydrogen) atoms. The van der Waals surface area contributed by atoms with Crippen LogP contribution in [0.2, 0.25) is 0 Å². The lowest BCUT2D eigenvalue weighted by Gasteiger charge is -2.37. The summed E-state index contributed by atoms with van der Waals surface area (Å²) in [5, 5.41) is 0. The van der Waals surface area contributed by atoms with Crippen molar-refractivity contribution in [3.8, 4) is 0 Å². The number of nitrogens with zero attached hydrogens (tertiary/aromatic N) is 1. The van der Waals surface area contributed by atoms with E-state index in [1.54, 1.807) is 4.90 Å². The third-order valence-corrected chi connectivity index (χ3v) is 9.75. The van der Waals surface area contributed by atoms with E-state index in [-0.39, 0.29) is 18.2 Å². The van der Waals surface area contributed by atoms with Crippen molar-refractivity contribution in [2.24, 2.45) is 41.4 Å². The lowest BCUT2D eigenvalue weighted by atomic mass is 9.75. The number of amides is 1. The lowest BCUT2D eigenvalue weighted by molar-refractivity contribution is -0.160. The third-order valence-electron chi connectivity index (χ3n) is 9.75. The van der Waals surface area contributed by atoms with Gasteiger partial charge >= 0.3 is 18.0 Å². The maximum atomic E-state index is 14.0. The standard InChI is InChI=1S/C34H53NO6/c1-19(2)23-12-10-21(5)16-28(23)39-30(36)18-25-26-14-15-27(35(26)33(38)41-34(7,8)9)31(25)32(37)40-29-17-22(6)11-13-24(29)20(3)4/h14-15,18-24,26-29,31H,10-13,16-17H2,1-9H3/t21-,22-,23+,24+,26-,27+,28-,29-,31+/m1/s1. The van der Waals surface area contributed by atoms with Crippen molar-refractivity contribution in [3.63, 3.8) is 0 Å². The van der Waals surface area contributed by atoms with Gasteiger partial charge in [-0.15, -0.1) is 0 Å². The number of fused-ring (bicyclic) bond motifs is 2. The van der Waals surface area contributed by atoms with Crippen LogP contribution >= 0.6 is 0 Å². The molecule has 0 N–H and O–H groups in total. The first-order valence-corrected chi connectivity index (χ1v) is 16.0. The first-order valence-electron chi connectivity index (χ1n) is 16.0. The Kier molecular flexibility index (Phi) is 9.65. The van der Waals surface area contributed by atoms with Crippen molar-refractivity contribution in [1.29, 1.82) is 0 Å². The van der Waals surface area contributed by atoms with Crippen LogP contribution in [0.5, 0.6) is 0 Å². The van der Waals surface area contributed by atoms with Crippen LogP contribution in [-0.2, 0) is 23.8 Å². The molecule has 0 radical (unpaired) electrons. The van der Waals surface area contributed by atoms with Gasteiger partial charge in [-0.3, -0.25) is 9.69 Å². The average molecular weight is 572 g/mol. The zero-order valence-corrected chi connectivity index (χ0v) is 26.7. The van der Waals surface area contributed by atoms with Gasteiger partial charge < -0.3 is 14.2 Å². The van der Waals surface area contributed by atoms with Gasteiger partial charge in [0.1, 0.15) is 23.7 Å². The number of ether oxygens (including phenoxy) is 3. The zero-order chi connectivity index (χ0) is 30.2. The molecule has 0 unspecified atom stereocenters. The maximum Gasteiger partial charge on any atom is 0.411 e. The second kappa shape index (κ2) is 12.5. The fourth-order valence-electron chi connectivity index (χ4n) is 7.56. The largest absolute Gasteiger partial charge is 0.462 e. The number of esters is 2. The molecule has 9 atom stereocenters. The summed E-state index contributed by atoms with van der Waals surface area (Å²) < 4.78 is 18.1. The molecule has 7 heteroatoms. The Bertz CT molecular complexity index is 1040. The molecule has 0 aromatic carbocycles. The molecule has 2 heterocycles. The van der Waals surface area contributed by atoms with Crippen molar-refractivity contribution in [1.82, 2.24) is 4.90 Å². The van der Waals surface area contributed by atoms with E-state index in [4.69, 9.17) is 14.2 Å². The van der Waals surface area contributed by atoms with Crippen LogP contribution in [0.1, 0.15) is 101 Å². The number of hydrogen-bond acceptors (Lipinski definition) is 6. The van der Waals surface area contributed by atoms with Gasteiger partial charge in [0.25, 0.3) is 0 Å². The van der Waals surface area contributed by atoms with E-state index in [1.165, 1.54) is 6.08 Å². The van der Waals surface area contributed by atoms with Crippen molar-refractivity contribution >= 4 is 18.0 Å². The molecule has 7 nitrogen and oxygen atoms in total. The second-order valence-corrected chi connectivity index (χ2v) is 14.9. The molecule has 230 valence electrons. The van der Waals surface area contributed by atoms with Crippen molar-refractivity contribution < 1.29 is 28.6 Å². The Balaban J connectivity index is 1.61. The van der Waals surface area contributed by atoms with E-state index in [1.807, 2.05) is 32.9 Å². The van der Waals surface area contributed by atoms with Crippen LogP contribution in [-0.4, -0.2) is 52.8 Å². The lowest BCUT2D eigenvalue weighted by Crippen LogP contribution is -2.43. The van der Waals surface area contributed by atoms with Crippen molar-refractivity contribution in [2.45, 2.75) is 131 Å². The minimum atomic E-state index is -0.763. The smallest absolute Gasteiger partial charge is 0.411 e. The number of carbonyl (C=O) groups excluding carboxylic acids is 3. The van der Waals surface area contributed by atoms with E-state index in [0.29, 0.717) is 41.1 Å². The maximum absolute atomic E-state index is 14.0. The molecule has 4 aliphatic rings. The second-order valence-electron chi connectivity index (χ2n) is 14.9. The minimum absolute atomic E-state index is 0.153. The monoisotopic (exact) mass is 571 g/mol. The number of carbonyl (C=O) groups is 3. The van der Waals surface area contributed by atoms with Crippen LogP contribution in [0.25, 0.3) is 0 Å². The van der Waals surface area contributed by atoms with Crippen LogP contribution in [0, 0.1) is 41.4 Å². The van der Waals surface area contributed by atoms with Crippen LogP contribution < -0.4 is 0 Å². The average Bonchev–Trinajstić information content (AvgIpc) is 3.39. The highest BCUT2D eigenvalue weighted by atomic mass is 16.6. The highest BCUT2D eigenvalue weighted by Gasteiger charge is 2.54. The van der Waals surface area contributed by atoms with Crippen LogP contribution in [0.4, 0.5) is 4.79 Å². The number of hydrogen-bond donors (Lipinski definition) is 0. The topological polar surface area (TPSA) is 82.1 Å². The number of rotatable bonds is 6. The molecular weight excluding hydrogens is 518 g/mol. The summed E-state index contributed by atoms with van der Waals surface area (Å²) in [6.07, 6.45) is 10.4. The van der Waals surface area contributed by atoms with Gasteiger partial charge in [0.2, 0.25) is 0 Å². The quantitative estimate of drug-likeness (QED) is 0.146.